The van der Waals surface area contributed by atoms with Gasteiger partial charge in [0.15, 0.2) is 0 Å². The van der Waals surface area contributed by atoms with E-state index in [1.807, 2.05) is 0 Å². The monoisotopic (exact) mass is 169 g/mol. The molecule has 0 saturated carbocycles. The molecule has 0 spiro atoms. The maximum atomic E-state index is 8.13. The Bertz CT molecular complexity index is 196. The molecule has 12 heavy (non-hydrogen) atoms. The molecule has 0 bridgehead atoms. The molecule has 1 aliphatic heterocycles. The molecule has 68 valence electrons. The van der Waals surface area contributed by atoms with Crippen molar-refractivity contribution in [1.29, 1.82) is 0 Å². The fourth-order valence-electron chi connectivity index (χ4n) is 1.58. The first-order chi connectivity index (χ1) is 5.64. The van der Waals surface area contributed by atoms with Gasteiger partial charge in [0.2, 0.25) is 0 Å². The Balaban J connectivity index is 2.41. The molecule has 4 heteroatoms. The highest BCUT2D eigenvalue weighted by Gasteiger charge is 2.27. The predicted molar refractivity (Wildman–Crippen MR) is 46.8 cm³/mol. The van der Waals surface area contributed by atoms with Gasteiger partial charge in [0, 0.05) is 4.91 Å². The van der Waals surface area contributed by atoms with Gasteiger partial charge in [0.25, 0.3) is 0 Å². The van der Waals surface area contributed by atoms with E-state index in [9.17, 15) is 0 Å². The van der Waals surface area contributed by atoms with Crippen LogP contribution in [0.4, 0.5) is 0 Å². The summed E-state index contributed by atoms with van der Waals surface area (Å²) in [4.78, 5) is 2.72. The van der Waals surface area contributed by atoms with E-state index in [1.54, 1.807) is 0 Å². The largest absolute Gasteiger partial charge is 0.372 e. The first kappa shape index (κ1) is 9.36. The Labute approximate surface area is 72.5 Å². The van der Waals surface area contributed by atoms with Crippen LogP contribution in [0.25, 0.3) is 10.4 Å². The third-order valence-corrected chi connectivity index (χ3v) is 2.14. The zero-order valence-electron chi connectivity index (χ0n) is 7.66. The van der Waals surface area contributed by atoms with Crippen LogP contribution >= 0.6 is 0 Å². The highest BCUT2D eigenvalue weighted by molar-refractivity contribution is 4.78. The highest BCUT2D eigenvalue weighted by atomic mass is 16.5. The summed E-state index contributed by atoms with van der Waals surface area (Å²) in [6.07, 6.45) is 3.41. The van der Waals surface area contributed by atoms with E-state index >= 15 is 0 Å². The van der Waals surface area contributed by atoms with Gasteiger partial charge >= 0.3 is 0 Å². The summed E-state index contributed by atoms with van der Waals surface area (Å²) in [6.45, 7) is 4.63. The van der Waals surface area contributed by atoms with E-state index < -0.39 is 0 Å². The topological polar surface area (TPSA) is 58.0 Å². The molecule has 0 aromatic heterocycles. The average Bonchev–Trinajstić information content (AvgIpc) is 1.99. The lowest BCUT2D eigenvalue weighted by Gasteiger charge is -2.35. The second-order valence-corrected chi connectivity index (χ2v) is 3.81. The molecule has 0 aromatic carbocycles. The summed E-state index contributed by atoms with van der Waals surface area (Å²) in [6, 6.07) is 0. The van der Waals surface area contributed by atoms with E-state index in [2.05, 4.69) is 23.9 Å². The smallest absolute Gasteiger partial charge is 0.0638 e. The predicted octanol–water partition coefficient (Wildman–Crippen LogP) is 2.64. The molecule has 0 radical (unpaired) electrons. The van der Waals surface area contributed by atoms with Gasteiger partial charge in [0.05, 0.1) is 18.2 Å². The molecule has 1 rings (SSSR count). The Morgan fingerprint density at radius 3 is 3.00 bits per heavy atom. The summed E-state index contributed by atoms with van der Waals surface area (Å²) in [7, 11) is 0. The van der Waals surface area contributed by atoms with Crippen molar-refractivity contribution in [2.24, 2.45) is 5.11 Å². The van der Waals surface area contributed by atoms with Crippen molar-refractivity contribution in [1.82, 2.24) is 0 Å². The maximum Gasteiger partial charge on any atom is 0.0638 e. The van der Waals surface area contributed by atoms with Crippen LogP contribution in [0.2, 0.25) is 0 Å². The molecule has 4 nitrogen and oxygen atoms in total. The van der Waals surface area contributed by atoms with Gasteiger partial charge in [-0.05, 0) is 38.6 Å². The third-order valence-electron chi connectivity index (χ3n) is 2.14. The lowest BCUT2D eigenvalue weighted by Crippen LogP contribution is -2.36. The van der Waals surface area contributed by atoms with Crippen molar-refractivity contribution < 1.29 is 4.74 Å². The first-order valence-corrected chi connectivity index (χ1v) is 4.33. The lowest BCUT2D eigenvalue weighted by atomic mass is 9.95. The Hall–Kier alpha value is -0.730. The van der Waals surface area contributed by atoms with Crippen molar-refractivity contribution >= 4 is 0 Å². The van der Waals surface area contributed by atoms with E-state index in [-0.39, 0.29) is 11.7 Å². The highest BCUT2D eigenvalue weighted by Crippen LogP contribution is 2.27. The van der Waals surface area contributed by atoms with E-state index in [0.717, 1.165) is 12.8 Å². The van der Waals surface area contributed by atoms with E-state index in [4.69, 9.17) is 10.3 Å². The molecule has 0 aliphatic carbocycles. The van der Waals surface area contributed by atoms with Gasteiger partial charge in [-0.3, -0.25) is 0 Å². The quantitative estimate of drug-likeness (QED) is 0.356. The summed E-state index contributed by atoms with van der Waals surface area (Å²) in [5.74, 6) is 0. The molecule has 0 amide bonds. The molecule has 1 aliphatic rings. The number of nitrogens with zero attached hydrogens (tertiary/aromatic N) is 3. The molecule has 1 unspecified atom stereocenters. The zero-order valence-corrected chi connectivity index (χ0v) is 7.66. The number of rotatable bonds is 2. The second kappa shape index (κ2) is 3.78. The minimum absolute atomic E-state index is 0.0338. The number of hydrogen-bond donors (Lipinski definition) is 0. The van der Waals surface area contributed by atoms with Gasteiger partial charge < -0.3 is 4.74 Å². The van der Waals surface area contributed by atoms with Crippen LogP contribution in [0.3, 0.4) is 0 Å². The summed E-state index contributed by atoms with van der Waals surface area (Å²) < 4.78 is 5.71. The van der Waals surface area contributed by atoms with Crippen LogP contribution in [0.1, 0.15) is 33.1 Å². The van der Waals surface area contributed by atoms with E-state index in [1.165, 1.54) is 6.42 Å². The molecule has 0 N–H and O–H groups in total. The third kappa shape index (κ3) is 2.72. The second-order valence-electron chi connectivity index (χ2n) is 3.81. The van der Waals surface area contributed by atoms with E-state index in [0.29, 0.717) is 6.54 Å². The zero-order chi connectivity index (χ0) is 9.03. The molecule has 1 atom stereocenters. The van der Waals surface area contributed by atoms with Crippen LogP contribution in [0.15, 0.2) is 5.11 Å². The Kier molecular flexibility index (Phi) is 2.95. The minimum Gasteiger partial charge on any atom is -0.372 e. The van der Waals surface area contributed by atoms with Crippen molar-refractivity contribution in [2.45, 2.75) is 44.8 Å². The van der Waals surface area contributed by atoms with Crippen LogP contribution in [-0.2, 0) is 4.74 Å². The van der Waals surface area contributed by atoms with Crippen molar-refractivity contribution in [2.75, 3.05) is 6.54 Å². The Morgan fingerprint density at radius 1 is 1.67 bits per heavy atom. The Morgan fingerprint density at radius 2 is 2.42 bits per heavy atom. The maximum absolute atomic E-state index is 8.13. The van der Waals surface area contributed by atoms with Crippen molar-refractivity contribution in [3.05, 3.63) is 10.4 Å². The van der Waals surface area contributed by atoms with Crippen molar-refractivity contribution in [3.63, 3.8) is 0 Å². The SMILES string of the molecule is CC1(C)CCCC(CN=[N+]=[N-])O1. The molecule has 1 heterocycles. The van der Waals surface area contributed by atoms with Crippen LogP contribution in [0, 0.1) is 0 Å². The number of ether oxygens (including phenoxy) is 1. The van der Waals surface area contributed by atoms with Gasteiger partial charge in [0.1, 0.15) is 0 Å². The fraction of sp³-hybridized carbons (Fsp3) is 1.00. The summed E-state index contributed by atoms with van der Waals surface area (Å²) >= 11 is 0. The molecule has 1 saturated heterocycles. The first-order valence-electron chi connectivity index (χ1n) is 4.33. The summed E-state index contributed by atoms with van der Waals surface area (Å²) in [5.41, 5.74) is 8.10. The number of azide groups is 1. The average molecular weight is 169 g/mol. The fourth-order valence-corrected chi connectivity index (χ4v) is 1.58. The van der Waals surface area contributed by atoms with Crippen LogP contribution in [-0.4, -0.2) is 18.2 Å². The number of hydrogen-bond acceptors (Lipinski definition) is 2. The molecular weight excluding hydrogens is 154 g/mol. The molecule has 0 aromatic rings. The van der Waals surface area contributed by atoms with Crippen LogP contribution < -0.4 is 0 Å². The van der Waals surface area contributed by atoms with Crippen LogP contribution in [0.5, 0.6) is 0 Å². The van der Waals surface area contributed by atoms with Gasteiger partial charge in [-0.25, -0.2) is 0 Å². The molecule has 1 fully saturated rings. The summed E-state index contributed by atoms with van der Waals surface area (Å²) in [5, 5.41) is 3.52. The molecular formula is C8H15N3O. The minimum atomic E-state index is -0.0338. The van der Waals surface area contributed by atoms with Gasteiger partial charge in [-0.2, -0.15) is 0 Å². The lowest BCUT2D eigenvalue weighted by molar-refractivity contribution is -0.101. The van der Waals surface area contributed by atoms with Crippen molar-refractivity contribution in [3.8, 4) is 0 Å². The normalized spacial score (nSPS) is 27.7. The standard InChI is InChI=1S/C8H15N3O/c1-8(2)5-3-4-7(12-8)6-10-11-9/h7H,3-6H2,1-2H3. The van der Waals surface area contributed by atoms with Gasteiger partial charge in [-0.1, -0.05) is 5.11 Å². The van der Waals surface area contributed by atoms with Gasteiger partial charge in [-0.15, -0.1) is 0 Å².